The second-order valence-electron chi connectivity index (χ2n) is 4.16. The number of likely N-dealkylation sites (N-methyl/N-ethyl adjacent to an activating group) is 1. The van der Waals surface area contributed by atoms with Crippen LogP contribution in [0.25, 0.3) is 0 Å². The van der Waals surface area contributed by atoms with E-state index < -0.39 is 0 Å². The largest absolute Gasteiger partial charge is 0.394 e. The van der Waals surface area contributed by atoms with Crippen molar-refractivity contribution in [2.45, 2.75) is 33.2 Å². The van der Waals surface area contributed by atoms with E-state index in [9.17, 15) is 0 Å². The van der Waals surface area contributed by atoms with Crippen LogP contribution in [0.4, 0.5) is 0 Å². The second-order valence-corrected chi connectivity index (χ2v) is 4.16. The summed E-state index contributed by atoms with van der Waals surface area (Å²) < 4.78 is 5.48. The fourth-order valence-corrected chi connectivity index (χ4v) is 1.10. The summed E-state index contributed by atoms with van der Waals surface area (Å²) in [4.78, 5) is 0. The van der Waals surface area contributed by atoms with E-state index in [1.165, 1.54) is 0 Å². The predicted octanol–water partition coefficient (Wildman–Crippen LogP) is 1.02. The molecule has 0 aromatic carbocycles. The van der Waals surface area contributed by atoms with Crippen molar-refractivity contribution in [2.24, 2.45) is 5.92 Å². The van der Waals surface area contributed by atoms with Gasteiger partial charge in [0, 0.05) is 6.61 Å². The van der Waals surface area contributed by atoms with Gasteiger partial charge >= 0.3 is 0 Å². The summed E-state index contributed by atoms with van der Waals surface area (Å²) in [5.74, 6) is 0.546. The molecular formula is C10H23NO2. The zero-order valence-corrected chi connectivity index (χ0v) is 9.26. The Morgan fingerprint density at radius 3 is 2.46 bits per heavy atom. The van der Waals surface area contributed by atoms with Crippen LogP contribution in [0, 0.1) is 5.92 Å². The van der Waals surface area contributed by atoms with Crippen LogP contribution < -0.4 is 5.32 Å². The SMILES string of the molecule is CCNC(C)(CO)COCC(C)C. The van der Waals surface area contributed by atoms with E-state index in [1.54, 1.807) is 0 Å². The Bertz CT molecular complexity index is 128. The van der Waals surface area contributed by atoms with Gasteiger partial charge in [-0.05, 0) is 19.4 Å². The van der Waals surface area contributed by atoms with Gasteiger partial charge < -0.3 is 15.2 Å². The average molecular weight is 189 g/mol. The quantitative estimate of drug-likeness (QED) is 0.628. The van der Waals surface area contributed by atoms with Crippen LogP contribution in [0.3, 0.4) is 0 Å². The van der Waals surface area contributed by atoms with Gasteiger partial charge in [-0.2, -0.15) is 0 Å². The molecule has 0 saturated carbocycles. The molecule has 1 unspecified atom stereocenters. The van der Waals surface area contributed by atoms with Gasteiger partial charge in [0.2, 0.25) is 0 Å². The molecule has 13 heavy (non-hydrogen) atoms. The van der Waals surface area contributed by atoms with Gasteiger partial charge in [0.25, 0.3) is 0 Å². The number of aliphatic hydroxyl groups excluding tert-OH is 1. The van der Waals surface area contributed by atoms with Gasteiger partial charge in [-0.3, -0.25) is 0 Å². The Morgan fingerprint density at radius 1 is 1.46 bits per heavy atom. The molecule has 0 rings (SSSR count). The summed E-state index contributed by atoms with van der Waals surface area (Å²) in [6, 6.07) is 0. The van der Waals surface area contributed by atoms with E-state index in [0.29, 0.717) is 12.5 Å². The number of rotatable bonds is 7. The van der Waals surface area contributed by atoms with Gasteiger partial charge in [0.05, 0.1) is 18.8 Å². The van der Waals surface area contributed by atoms with Gasteiger partial charge in [-0.25, -0.2) is 0 Å². The van der Waals surface area contributed by atoms with Crippen molar-refractivity contribution in [3.8, 4) is 0 Å². The molecule has 3 heteroatoms. The minimum absolute atomic E-state index is 0.110. The zero-order chi connectivity index (χ0) is 10.3. The molecule has 0 amide bonds. The third-order valence-corrected chi connectivity index (χ3v) is 1.82. The average Bonchev–Trinajstić information content (AvgIpc) is 2.04. The number of aliphatic hydroxyl groups is 1. The van der Waals surface area contributed by atoms with E-state index >= 15 is 0 Å². The molecule has 0 aromatic heterocycles. The van der Waals surface area contributed by atoms with E-state index in [0.717, 1.165) is 13.2 Å². The highest BCUT2D eigenvalue weighted by molar-refractivity contribution is 4.81. The van der Waals surface area contributed by atoms with E-state index in [-0.39, 0.29) is 12.1 Å². The lowest BCUT2D eigenvalue weighted by molar-refractivity contribution is 0.0335. The Labute approximate surface area is 81.5 Å². The summed E-state index contributed by atoms with van der Waals surface area (Å²) >= 11 is 0. The van der Waals surface area contributed by atoms with Crippen LogP contribution in [0.1, 0.15) is 27.7 Å². The van der Waals surface area contributed by atoms with Crippen molar-refractivity contribution < 1.29 is 9.84 Å². The van der Waals surface area contributed by atoms with Crippen molar-refractivity contribution in [3.05, 3.63) is 0 Å². The first kappa shape index (κ1) is 12.9. The van der Waals surface area contributed by atoms with Crippen LogP contribution in [0.2, 0.25) is 0 Å². The van der Waals surface area contributed by atoms with Crippen molar-refractivity contribution in [1.29, 1.82) is 0 Å². The Kier molecular flexibility index (Phi) is 6.29. The Hall–Kier alpha value is -0.120. The molecule has 0 spiro atoms. The van der Waals surface area contributed by atoms with Crippen LogP contribution in [0.5, 0.6) is 0 Å². The molecule has 3 nitrogen and oxygen atoms in total. The maximum Gasteiger partial charge on any atom is 0.0668 e. The van der Waals surface area contributed by atoms with Gasteiger partial charge in [-0.1, -0.05) is 20.8 Å². The van der Waals surface area contributed by atoms with Crippen LogP contribution in [-0.2, 0) is 4.74 Å². The topological polar surface area (TPSA) is 41.5 Å². The highest BCUT2D eigenvalue weighted by Crippen LogP contribution is 2.04. The number of hydrogen-bond acceptors (Lipinski definition) is 3. The fraction of sp³-hybridized carbons (Fsp3) is 1.00. The lowest BCUT2D eigenvalue weighted by Gasteiger charge is -2.28. The van der Waals surface area contributed by atoms with Gasteiger partial charge in [0.1, 0.15) is 0 Å². The van der Waals surface area contributed by atoms with Crippen LogP contribution in [0.15, 0.2) is 0 Å². The first-order chi connectivity index (χ1) is 6.04. The molecule has 0 fully saturated rings. The van der Waals surface area contributed by atoms with Crippen molar-refractivity contribution >= 4 is 0 Å². The number of ether oxygens (including phenoxy) is 1. The molecule has 0 aliphatic heterocycles. The standard InChI is InChI=1S/C10H23NO2/c1-5-11-10(4,7-12)8-13-6-9(2)3/h9,11-12H,5-8H2,1-4H3. The highest BCUT2D eigenvalue weighted by Gasteiger charge is 2.21. The lowest BCUT2D eigenvalue weighted by atomic mass is 10.1. The van der Waals surface area contributed by atoms with Crippen molar-refractivity contribution in [2.75, 3.05) is 26.4 Å². The molecule has 80 valence electrons. The van der Waals surface area contributed by atoms with E-state index in [4.69, 9.17) is 9.84 Å². The summed E-state index contributed by atoms with van der Waals surface area (Å²) in [5, 5.41) is 12.3. The molecular weight excluding hydrogens is 166 g/mol. The third kappa shape index (κ3) is 6.02. The molecule has 0 radical (unpaired) electrons. The predicted molar refractivity (Wildman–Crippen MR) is 54.8 cm³/mol. The summed E-state index contributed by atoms with van der Waals surface area (Å²) in [7, 11) is 0. The lowest BCUT2D eigenvalue weighted by Crippen LogP contribution is -2.49. The summed E-state index contributed by atoms with van der Waals surface area (Å²) in [6.07, 6.45) is 0. The monoisotopic (exact) mass is 189 g/mol. The molecule has 0 aromatic rings. The first-order valence-electron chi connectivity index (χ1n) is 4.97. The molecule has 0 saturated heterocycles. The zero-order valence-electron chi connectivity index (χ0n) is 9.26. The maximum absolute atomic E-state index is 9.14. The van der Waals surface area contributed by atoms with Crippen LogP contribution >= 0.6 is 0 Å². The molecule has 1 atom stereocenters. The third-order valence-electron chi connectivity index (χ3n) is 1.82. The van der Waals surface area contributed by atoms with Gasteiger partial charge in [-0.15, -0.1) is 0 Å². The highest BCUT2D eigenvalue weighted by atomic mass is 16.5. The molecule has 0 heterocycles. The molecule has 2 N–H and O–H groups in total. The Morgan fingerprint density at radius 2 is 2.08 bits per heavy atom. The fourth-order valence-electron chi connectivity index (χ4n) is 1.10. The minimum Gasteiger partial charge on any atom is -0.394 e. The number of hydrogen-bond donors (Lipinski definition) is 2. The summed E-state index contributed by atoms with van der Waals surface area (Å²) in [5.41, 5.74) is -0.288. The summed E-state index contributed by atoms with van der Waals surface area (Å²) in [6.45, 7) is 10.5. The van der Waals surface area contributed by atoms with Gasteiger partial charge in [0.15, 0.2) is 0 Å². The minimum atomic E-state index is -0.288. The normalized spacial score (nSPS) is 16.2. The number of nitrogens with one attached hydrogen (secondary N) is 1. The smallest absolute Gasteiger partial charge is 0.0668 e. The second kappa shape index (κ2) is 6.35. The van der Waals surface area contributed by atoms with Crippen molar-refractivity contribution in [3.63, 3.8) is 0 Å². The Balaban J connectivity index is 3.69. The molecule has 0 aliphatic carbocycles. The molecule has 0 bridgehead atoms. The van der Waals surface area contributed by atoms with E-state index in [2.05, 4.69) is 19.2 Å². The van der Waals surface area contributed by atoms with Crippen LogP contribution in [-0.4, -0.2) is 37.0 Å². The maximum atomic E-state index is 9.14. The van der Waals surface area contributed by atoms with Crippen molar-refractivity contribution in [1.82, 2.24) is 5.32 Å². The first-order valence-corrected chi connectivity index (χ1v) is 4.97. The molecule has 0 aliphatic rings. The van der Waals surface area contributed by atoms with E-state index in [1.807, 2.05) is 13.8 Å².